The molecule has 0 amide bonds. The molecule has 1 aromatic carbocycles. The van der Waals surface area contributed by atoms with Gasteiger partial charge in [0.05, 0.1) is 17.9 Å². The van der Waals surface area contributed by atoms with Crippen molar-refractivity contribution in [3.05, 3.63) is 40.3 Å². The molecule has 0 saturated carbocycles. The number of aryl methyl sites for hydroxylation is 1. The lowest BCUT2D eigenvalue weighted by molar-refractivity contribution is 0.236. The number of H-pyrrole nitrogens is 1. The van der Waals surface area contributed by atoms with Gasteiger partial charge in [0, 0.05) is 29.7 Å². The van der Waals surface area contributed by atoms with Crippen LogP contribution in [0.1, 0.15) is 17.4 Å². The Morgan fingerprint density at radius 3 is 3.05 bits per heavy atom. The Hall–Kier alpha value is -1.17. The fraction of sp³-hybridized carbons (Fsp3) is 0.400. The van der Waals surface area contributed by atoms with E-state index in [0.717, 1.165) is 35.6 Å². The van der Waals surface area contributed by atoms with Gasteiger partial charge >= 0.3 is 0 Å². The highest BCUT2D eigenvalue weighted by Crippen LogP contribution is 2.26. The molecule has 0 spiro atoms. The minimum Gasteiger partial charge on any atom is -0.341 e. The van der Waals surface area contributed by atoms with Crippen LogP contribution in [0.3, 0.4) is 0 Å². The van der Waals surface area contributed by atoms with Crippen LogP contribution in [-0.2, 0) is 0 Å². The molecule has 1 atom stereocenters. The van der Waals surface area contributed by atoms with E-state index in [1.54, 1.807) is 0 Å². The molecule has 1 saturated heterocycles. The average molecular weight is 335 g/mol. The first-order valence-corrected chi connectivity index (χ1v) is 7.66. The summed E-state index contributed by atoms with van der Waals surface area (Å²) in [7, 11) is 2.15. The maximum Gasteiger partial charge on any atom is 0.125 e. The number of aromatic amines is 1. The molecule has 1 aromatic heterocycles. The normalized spacial score (nSPS) is 20.2. The molecular formula is C15H19BrN4. The molecule has 1 fully saturated rings. The summed E-state index contributed by atoms with van der Waals surface area (Å²) in [5.74, 6) is 1.02. The molecule has 1 aliphatic rings. The first-order valence-electron chi connectivity index (χ1n) is 6.87. The van der Waals surface area contributed by atoms with Crippen LogP contribution in [0.4, 0.5) is 0 Å². The van der Waals surface area contributed by atoms with Crippen LogP contribution in [0.5, 0.6) is 0 Å². The predicted octanol–water partition coefficient (Wildman–Crippen LogP) is 2.72. The second-order valence-electron chi connectivity index (χ2n) is 5.41. The third-order valence-electron chi connectivity index (χ3n) is 3.79. The molecule has 5 heteroatoms. The van der Waals surface area contributed by atoms with Crippen LogP contribution in [-0.4, -0.2) is 41.5 Å². The van der Waals surface area contributed by atoms with Gasteiger partial charge in [-0.2, -0.15) is 0 Å². The van der Waals surface area contributed by atoms with Crippen molar-refractivity contribution in [2.45, 2.75) is 13.0 Å². The lowest BCUT2D eigenvalue weighted by atomic mass is 10.1. The van der Waals surface area contributed by atoms with Crippen molar-refractivity contribution in [2.24, 2.45) is 0 Å². The molecule has 2 heterocycles. The van der Waals surface area contributed by atoms with Gasteiger partial charge in [0.2, 0.25) is 0 Å². The van der Waals surface area contributed by atoms with Crippen LogP contribution >= 0.6 is 15.9 Å². The molecular weight excluding hydrogens is 316 g/mol. The first-order chi connectivity index (χ1) is 9.63. The summed E-state index contributed by atoms with van der Waals surface area (Å²) in [6.07, 6.45) is 1.93. The average Bonchev–Trinajstić information content (AvgIpc) is 2.91. The Labute approximate surface area is 127 Å². The van der Waals surface area contributed by atoms with E-state index >= 15 is 0 Å². The van der Waals surface area contributed by atoms with Crippen LogP contribution in [0, 0.1) is 6.92 Å². The van der Waals surface area contributed by atoms with Gasteiger partial charge in [-0.15, -0.1) is 0 Å². The number of likely N-dealkylation sites (N-methyl/N-ethyl adjacent to an activating group) is 1. The van der Waals surface area contributed by atoms with E-state index in [2.05, 4.69) is 68.3 Å². The highest BCUT2D eigenvalue weighted by molar-refractivity contribution is 9.10. The quantitative estimate of drug-likeness (QED) is 0.887. The predicted molar refractivity (Wildman–Crippen MR) is 84.7 cm³/mol. The topological polar surface area (TPSA) is 44.0 Å². The number of aromatic nitrogens is 2. The molecule has 1 aliphatic heterocycles. The number of halogens is 1. The van der Waals surface area contributed by atoms with Crippen molar-refractivity contribution in [2.75, 3.05) is 26.7 Å². The van der Waals surface area contributed by atoms with Gasteiger partial charge in [-0.1, -0.05) is 22.0 Å². The van der Waals surface area contributed by atoms with Crippen molar-refractivity contribution in [3.63, 3.8) is 0 Å². The van der Waals surface area contributed by atoms with E-state index in [1.807, 2.05) is 6.20 Å². The Morgan fingerprint density at radius 2 is 2.25 bits per heavy atom. The zero-order valence-corrected chi connectivity index (χ0v) is 13.4. The molecule has 0 bridgehead atoms. The molecule has 106 valence electrons. The zero-order valence-electron chi connectivity index (χ0n) is 11.8. The lowest BCUT2D eigenvalue weighted by Crippen LogP contribution is -2.44. The van der Waals surface area contributed by atoms with Gasteiger partial charge in [-0.3, -0.25) is 0 Å². The highest BCUT2D eigenvalue weighted by atomic mass is 79.9. The van der Waals surface area contributed by atoms with E-state index in [-0.39, 0.29) is 6.04 Å². The number of nitrogens with zero attached hydrogens (tertiary/aromatic N) is 2. The standard InChI is InChI=1S/C15H19BrN4/c1-10-3-4-11(16)7-12(10)13-8-18-15(19-13)14-9-20(2)6-5-17-14/h3-4,7-8,14,17H,5-6,9H2,1-2H3,(H,18,19). The lowest BCUT2D eigenvalue weighted by Gasteiger charge is -2.29. The van der Waals surface area contributed by atoms with Gasteiger partial charge in [0.15, 0.2) is 0 Å². The molecule has 2 N–H and O–H groups in total. The Morgan fingerprint density at radius 1 is 1.40 bits per heavy atom. The maximum atomic E-state index is 4.56. The smallest absolute Gasteiger partial charge is 0.125 e. The van der Waals surface area contributed by atoms with Gasteiger partial charge in [0.1, 0.15) is 5.82 Å². The Bertz CT molecular complexity index is 608. The second-order valence-corrected chi connectivity index (χ2v) is 6.33. The van der Waals surface area contributed by atoms with Crippen LogP contribution in [0.15, 0.2) is 28.9 Å². The monoisotopic (exact) mass is 334 g/mol. The van der Waals surface area contributed by atoms with E-state index in [9.17, 15) is 0 Å². The molecule has 0 aliphatic carbocycles. The summed E-state index contributed by atoms with van der Waals surface area (Å²) < 4.78 is 1.09. The van der Waals surface area contributed by atoms with E-state index in [0.29, 0.717) is 0 Å². The molecule has 3 rings (SSSR count). The second kappa shape index (κ2) is 5.68. The number of imidazole rings is 1. The fourth-order valence-corrected chi connectivity index (χ4v) is 2.98. The van der Waals surface area contributed by atoms with E-state index < -0.39 is 0 Å². The van der Waals surface area contributed by atoms with E-state index in [4.69, 9.17) is 0 Å². The largest absolute Gasteiger partial charge is 0.341 e. The maximum absolute atomic E-state index is 4.56. The van der Waals surface area contributed by atoms with Crippen molar-refractivity contribution in [1.29, 1.82) is 0 Å². The van der Waals surface area contributed by atoms with Crippen molar-refractivity contribution in [3.8, 4) is 11.3 Å². The van der Waals surface area contributed by atoms with Crippen LogP contribution < -0.4 is 5.32 Å². The molecule has 20 heavy (non-hydrogen) atoms. The third kappa shape index (κ3) is 2.80. The Kier molecular flexibility index (Phi) is 3.92. The van der Waals surface area contributed by atoms with Crippen molar-refractivity contribution >= 4 is 15.9 Å². The number of nitrogens with one attached hydrogen (secondary N) is 2. The van der Waals surface area contributed by atoms with Gasteiger partial charge in [0.25, 0.3) is 0 Å². The third-order valence-corrected chi connectivity index (χ3v) is 4.29. The van der Waals surface area contributed by atoms with Gasteiger partial charge in [-0.25, -0.2) is 4.98 Å². The van der Waals surface area contributed by atoms with Crippen molar-refractivity contribution < 1.29 is 0 Å². The SMILES string of the molecule is Cc1ccc(Br)cc1-c1cnc(C2CN(C)CCN2)[nH]1. The van der Waals surface area contributed by atoms with E-state index in [1.165, 1.54) is 11.1 Å². The number of benzene rings is 1. The Balaban J connectivity index is 1.88. The summed E-state index contributed by atoms with van der Waals surface area (Å²) in [5.41, 5.74) is 3.52. The molecule has 0 radical (unpaired) electrons. The van der Waals surface area contributed by atoms with Crippen LogP contribution in [0.25, 0.3) is 11.3 Å². The first kappa shape index (κ1) is 13.8. The summed E-state index contributed by atoms with van der Waals surface area (Å²) in [4.78, 5) is 10.4. The summed E-state index contributed by atoms with van der Waals surface area (Å²) in [6.45, 7) is 5.21. The molecule has 1 unspecified atom stereocenters. The summed E-state index contributed by atoms with van der Waals surface area (Å²) in [5, 5.41) is 3.51. The zero-order chi connectivity index (χ0) is 14.1. The number of hydrogen-bond acceptors (Lipinski definition) is 3. The molecule has 4 nitrogen and oxygen atoms in total. The van der Waals surface area contributed by atoms with Gasteiger partial charge in [-0.05, 0) is 31.7 Å². The van der Waals surface area contributed by atoms with Crippen molar-refractivity contribution in [1.82, 2.24) is 20.2 Å². The number of rotatable bonds is 2. The number of hydrogen-bond donors (Lipinski definition) is 2. The minimum absolute atomic E-state index is 0.287. The van der Waals surface area contributed by atoms with Crippen LogP contribution in [0.2, 0.25) is 0 Å². The summed E-state index contributed by atoms with van der Waals surface area (Å²) >= 11 is 3.53. The summed E-state index contributed by atoms with van der Waals surface area (Å²) in [6, 6.07) is 6.60. The highest BCUT2D eigenvalue weighted by Gasteiger charge is 2.21. The molecule has 2 aromatic rings. The van der Waals surface area contributed by atoms with Gasteiger partial charge < -0.3 is 15.2 Å². The fourth-order valence-electron chi connectivity index (χ4n) is 2.62. The minimum atomic E-state index is 0.287. The number of piperazine rings is 1.